The molecule has 24 heavy (non-hydrogen) atoms. The van der Waals surface area contributed by atoms with Crippen molar-refractivity contribution in [1.29, 1.82) is 5.26 Å². The van der Waals surface area contributed by atoms with Crippen molar-refractivity contribution in [3.63, 3.8) is 0 Å². The molecule has 1 heterocycles. The predicted octanol–water partition coefficient (Wildman–Crippen LogP) is 3.48. The number of carbonyl (C=O) groups is 1. The molecule has 0 aliphatic rings. The van der Waals surface area contributed by atoms with Gasteiger partial charge in [-0.1, -0.05) is 0 Å². The molecule has 0 aliphatic heterocycles. The maximum atomic E-state index is 12.1. The molecular weight excluding hydrogens is 322 g/mol. The van der Waals surface area contributed by atoms with Crippen LogP contribution in [0.1, 0.15) is 5.76 Å². The summed E-state index contributed by atoms with van der Waals surface area (Å²) < 4.78 is 5.12. The summed E-state index contributed by atoms with van der Waals surface area (Å²) in [6, 6.07) is 12.9. The molecule has 0 fully saturated rings. The van der Waals surface area contributed by atoms with E-state index in [-0.39, 0.29) is 5.57 Å². The van der Waals surface area contributed by atoms with Gasteiger partial charge in [0.15, 0.2) is 0 Å². The Bertz CT molecular complexity index is 729. The second-order valence-electron chi connectivity index (χ2n) is 5.32. The molecule has 6 heteroatoms. The van der Waals surface area contributed by atoms with Crippen molar-refractivity contribution in [2.75, 3.05) is 31.7 Å². The van der Waals surface area contributed by atoms with Gasteiger partial charge in [-0.2, -0.15) is 5.26 Å². The molecule has 0 bridgehead atoms. The molecule has 1 aromatic heterocycles. The summed E-state index contributed by atoms with van der Waals surface area (Å²) in [5, 5.41) is 11.8. The van der Waals surface area contributed by atoms with E-state index in [0.717, 1.165) is 17.2 Å². The zero-order valence-corrected chi connectivity index (χ0v) is 14.5. The number of carbonyl (C=O) groups excluding carboxylic acids is 1. The van der Waals surface area contributed by atoms with Crippen LogP contribution < -0.4 is 5.32 Å². The lowest BCUT2D eigenvalue weighted by atomic mass is 10.2. The molecule has 0 saturated carbocycles. The Kier molecular flexibility index (Phi) is 6.67. The van der Waals surface area contributed by atoms with Gasteiger partial charge < -0.3 is 14.6 Å². The van der Waals surface area contributed by atoms with E-state index in [1.807, 2.05) is 44.4 Å². The van der Waals surface area contributed by atoms with Gasteiger partial charge in [0.25, 0.3) is 5.91 Å². The minimum absolute atomic E-state index is 0.00520. The maximum Gasteiger partial charge on any atom is 0.266 e. The highest BCUT2D eigenvalue weighted by molar-refractivity contribution is 7.99. The van der Waals surface area contributed by atoms with E-state index >= 15 is 0 Å². The number of furan rings is 1. The van der Waals surface area contributed by atoms with E-state index in [1.54, 1.807) is 23.9 Å². The van der Waals surface area contributed by atoms with Crippen molar-refractivity contribution in [3.05, 3.63) is 54.0 Å². The molecular formula is C18H19N3O2S. The first-order chi connectivity index (χ1) is 11.6. The second kappa shape index (κ2) is 8.96. The SMILES string of the molecule is CN(C)CCSc1ccc(NC(=O)/C(C#N)=C\c2ccco2)cc1. The van der Waals surface area contributed by atoms with Gasteiger partial charge in [0.05, 0.1) is 6.26 Å². The Hall–Kier alpha value is -2.49. The van der Waals surface area contributed by atoms with Crippen LogP contribution in [-0.4, -0.2) is 37.2 Å². The number of nitriles is 1. The lowest BCUT2D eigenvalue weighted by Gasteiger charge is -2.09. The Morgan fingerprint density at radius 1 is 1.33 bits per heavy atom. The number of nitrogens with one attached hydrogen (secondary N) is 1. The molecule has 0 spiro atoms. The first kappa shape index (κ1) is 17.9. The van der Waals surface area contributed by atoms with Gasteiger partial charge in [0.2, 0.25) is 0 Å². The Morgan fingerprint density at radius 2 is 2.08 bits per heavy atom. The van der Waals surface area contributed by atoms with E-state index in [1.165, 1.54) is 12.3 Å². The molecule has 1 amide bonds. The summed E-state index contributed by atoms with van der Waals surface area (Å²) in [6.07, 6.45) is 2.91. The number of anilines is 1. The van der Waals surface area contributed by atoms with Crippen molar-refractivity contribution >= 4 is 29.4 Å². The molecule has 2 aromatic rings. The van der Waals surface area contributed by atoms with Crippen LogP contribution in [0.5, 0.6) is 0 Å². The predicted molar refractivity (Wildman–Crippen MR) is 96.6 cm³/mol. The third-order valence-corrected chi connectivity index (χ3v) is 4.11. The molecule has 0 atom stereocenters. The maximum absolute atomic E-state index is 12.1. The first-order valence-corrected chi connectivity index (χ1v) is 8.41. The fraction of sp³-hybridized carbons (Fsp3) is 0.222. The molecule has 0 unspecified atom stereocenters. The van der Waals surface area contributed by atoms with Crippen molar-refractivity contribution in [2.45, 2.75) is 4.90 Å². The van der Waals surface area contributed by atoms with Gasteiger partial charge in [-0.3, -0.25) is 4.79 Å². The average Bonchev–Trinajstić information content (AvgIpc) is 3.07. The number of nitrogens with zero attached hydrogens (tertiary/aromatic N) is 2. The van der Waals surface area contributed by atoms with Crippen LogP contribution >= 0.6 is 11.8 Å². The molecule has 1 N–H and O–H groups in total. The van der Waals surface area contributed by atoms with E-state index in [9.17, 15) is 4.79 Å². The van der Waals surface area contributed by atoms with Crippen LogP contribution in [0.2, 0.25) is 0 Å². The highest BCUT2D eigenvalue weighted by Crippen LogP contribution is 2.20. The minimum Gasteiger partial charge on any atom is -0.465 e. The number of thioether (sulfide) groups is 1. The van der Waals surface area contributed by atoms with Crippen molar-refractivity contribution in [2.24, 2.45) is 0 Å². The Labute approximate surface area is 145 Å². The highest BCUT2D eigenvalue weighted by atomic mass is 32.2. The number of hydrogen-bond acceptors (Lipinski definition) is 5. The summed E-state index contributed by atoms with van der Waals surface area (Å²) in [4.78, 5) is 15.4. The van der Waals surface area contributed by atoms with E-state index < -0.39 is 5.91 Å². The standard InChI is InChI=1S/C18H19N3O2S/c1-21(2)9-11-24-17-7-5-15(6-8-17)20-18(22)14(13-19)12-16-4-3-10-23-16/h3-8,10,12H,9,11H2,1-2H3,(H,20,22)/b14-12-. The molecule has 1 aromatic carbocycles. The van der Waals surface area contributed by atoms with Crippen LogP contribution in [0.3, 0.4) is 0 Å². The molecule has 124 valence electrons. The van der Waals surface area contributed by atoms with Crippen LogP contribution in [-0.2, 0) is 4.79 Å². The third kappa shape index (κ3) is 5.61. The van der Waals surface area contributed by atoms with E-state index in [0.29, 0.717) is 11.4 Å². The number of amides is 1. The van der Waals surface area contributed by atoms with Crippen LogP contribution in [0.4, 0.5) is 5.69 Å². The summed E-state index contributed by atoms with van der Waals surface area (Å²) in [5.41, 5.74) is 0.645. The zero-order chi connectivity index (χ0) is 17.4. The fourth-order valence-electron chi connectivity index (χ4n) is 1.84. The van der Waals surface area contributed by atoms with E-state index in [2.05, 4.69) is 10.2 Å². The largest absolute Gasteiger partial charge is 0.465 e. The number of rotatable bonds is 7. The Morgan fingerprint density at radius 3 is 2.67 bits per heavy atom. The smallest absolute Gasteiger partial charge is 0.266 e. The summed E-state index contributed by atoms with van der Waals surface area (Å²) in [6.45, 7) is 1.01. The fourth-order valence-corrected chi connectivity index (χ4v) is 2.86. The molecule has 2 rings (SSSR count). The third-order valence-electron chi connectivity index (χ3n) is 3.11. The van der Waals surface area contributed by atoms with Gasteiger partial charge in [-0.05, 0) is 50.5 Å². The van der Waals surface area contributed by atoms with Crippen LogP contribution in [0.25, 0.3) is 6.08 Å². The average molecular weight is 341 g/mol. The van der Waals surface area contributed by atoms with Gasteiger partial charge >= 0.3 is 0 Å². The van der Waals surface area contributed by atoms with Gasteiger partial charge in [-0.15, -0.1) is 11.8 Å². The number of benzene rings is 1. The van der Waals surface area contributed by atoms with Crippen LogP contribution in [0.15, 0.2) is 57.5 Å². The van der Waals surface area contributed by atoms with Gasteiger partial charge in [-0.25, -0.2) is 0 Å². The summed E-state index contributed by atoms with van der Waals surface area (Å²) in [5.74, 6) is 1.01. The lowest BCUT2D eigenvalue weighted by Crippen LogP contribution is -2.14. The van der Waals surface area contributed by atoms with Crippen LogP contribution in [0, 0.1) is 11.3 Å². The first-order valence-electron chi connectivity index (χ1n) is 7.43. The van der Waals surface area contributed by atoms with Crippen molar-refractivity contribution < 1.29 is 9.21 Å². The molecule has 0 radical (unpaired) electrons. The van der Waals surface area contributed by atoms with Gasteiger partial charge in [0, 0.05) is 29.0 Å². The highest BCUT2D eigenvalue weighted by Gasteiger charge is 2.10. The Balaban J connectivity index is 1.95. The minimum atomic E-state index is -0.457. The normalized spacial score (nSPS) is 11.3. The van der Waals surface area contributed by atoms with Crippen molar-refractivity contribution in [3.8, 4) is 6.07 Å². The zero-order valence-electron chi connectivity index (χ0n) is 13.7. The van der Waals surface area contributed by atoms with Gasteiger partial charge in [0.1, 0.15) is 17.4 Å². The second-order valence-corrected chi connectivity index (χ2v) is 6.48. The summed E-state index contributed by atoms with van der Waals surface area (Å²) in [7, 11) is 4.09. The lowest BCUT2D eigenvalue weighted by molar-refractivity contribution is -0.112. The monoisotopic (exact) mass is 341 g/mol. The molecule has 5 nitrogen and oxygen atoms in total. The molecule has 0 aliphatic carbocycles. The quantitative estimate of drug-likeness (QED) is 0.474. The molecule has 0 saturated heterocycles. The van der Waals surface area contributed by atoms with E-state index in [4.69, 9.17) is 9.68 Å². The summed E-state index contributed by atoms with van der Waals surface area (Å²) >= 11 is 1.76. The topological polar surface area (TPSA) is 69.3 Å². The number of hydrogen-bond donors (Lipinski definition) is 1. The van der Waals surface area contributed by atoms with Crippen molar-refractivity contribution in [1.82, 2.24) is 4.90 Å².